The molecule has 0 spiro atoms. The van der Waals surface area contributed by atoms with Crippen LogP contribution in [0.2, 0.25) is 5.02 Å². The molecule has 0 radical (unpaired) electrons. The quantitative estimate of drug-likeness (QED) is 0.716. The second kappa shape index (κ2) is 6.18. The Morgan fingerprint density at radius 3 is 2.61 bits per heavy atom. The molecule has 2 aromatic heterocycles. The molecule has 0 bridgehead atoms. The van der Waals surface area contributed by atoms with Crippen molar-refractivity contribution in [1.82, 2.24) is 14.9 Å². The maximum absolute atomic E-state index is 13.0. The third-order valence-corrected chi connectivity index (χ3v) is 6.25. The van der Waals surface area contributed by atoms with Crippen LogP contribution < -0.4 is 4.74 Å². The number of rotatable bonds is 3. The smallest absolute Gasteiger partial charge is 0.288 e. The van der Waals surface area contributed by atoms with E-state index in [1.165, 1.54) is 6.20 Å². The van der Waals surface area contributed by atoms with Crippen molar-refractivity contribution >= 4 is 23.3 Å². The van der Waals surface area contributed by atoms with Crippen LogP contribution in [0.5, 0.6) is 5.75 Å². The molecule has 28 heavy (non-hydrogen) atoms. The number of pyridine rings is 2. The fourth-order valence-electron chi connectivity index (χ4n) is 5.28. The van der Waals surface area contributed by atoms with Crippen molar-refractivity contribution in [3.63, 3.8) is 0 Å². The zero-order valence-corrected chi connectivity index (χ0v) is 17.0. The van der Waals surface area contributed by atoms with E-state index in [1.54, 1.807) is 18.5 Å². The highest BCUT2D eigenvalue weighted by Crippen LogP contribution is 2.59. The maximum Gasteiger partial charge on any atom is 0.288 e. The van der Waals surface area contributed by atoms with Crippen LogP contribution in [0.15, 0.2) is 30.7 Å². The molecule has 1 fully saturated rings. The summed E-state index contributed by atoms with van der Waals surface area (Å²) < 4.78 is 6.26. The Morgan fingerprint density at radius 1 is 1.29 bits per heavy atom. The van der Waals surface area contributed by atoms with E-state index in [4.69, 9.17) is 22.9 Å². The lowest BCUT2D eigenvalue weighted by molar-refractivity contribution is -0.199. The molecule has 4 rings (SSSR count). The molecule has 0 saturated heterocycles. The number of carbonyl (C=O) groups is 1. The Balaban J connectivity index is 1.60. The average molecular weight is 397 g/mol. The fourth-order valence-corrected chi connectivity index (χ4v) is 5.48. The number of hydrogen-bond acceptors (Lipinski definition) is 4. The third kappa shape index (κ3) is 2.57. The van der Waals surface area contributed by atoms with Gasteiger partial charge in [0.15, 0.2) is 11.9 Å². The van der Waals surface area contributed by atoms with Crippen LogP contribution in [-0.4, -0.2) is 32.9 Å². The fraction of sp³-hybridized carbons (Fsp3) is 0.429. The molecule has 1 amide bonds. The predicted molar refractivity (Wildman–Crippen MR) is 105 cm³/mol. The zero-order chi connectivity index (χ0) is 20.3. The standard InChI is InChI=1S/C21H21ClN4O2/c1-20(2)18(26-11-12-6-7-24-10-14(12)17(26)27)21(3,4)19(20)28-13-8-15(22)16(23-5)25-9-13/h6-10,18-19H,11H2,1-4H3. The van der Waals surface area contributed by atoms with Gasteiger partial charge in [-0.25, -0.2) is 0 Å². The molecule has 0 atom stereocenters. The van der Waals surface area contributed by atoms with E-state index in [2.05, 4.69) is 42.5 Å². The molecule has 6 nitrogen and oxygen atoms in total. The topological polar surface area (TPSA) is 59.7 Å². The van der Waals surface area contributed by atoms with Gasteiger partial charge in [-0.05, 0) is 17.7 Å². The number of fused-ring (bicyclic) bond motifs is 1. The summed E-state index contributed by atoms with van der Waals surface area (Å²) in [6.07, 6.45) is 4.76. The van der Waals surface area contributed by atoms with Crippen LogP contribution in [0.1, 0.15) is 43.6 Å². The molecular weight excluding hydrogens is 376 g/mol. The molecule has 7 heteroatoms. The molecule has 2 aliphatic rings. The molecule has 2 aromatic rings. The summed E-state index contributed by atoms with van der Waals surface area (Å²) in [7, 11) is 0. The number of ether oxygens (including phenoxy) is 1. The van der Waals surface area contributed by atoms with Crippen molar-refractivity contribution in [2.24, 2.45) is 10.8 Å². The minimum atomic E-state index is -0.278. The number of nitrogens with zero attached hydrogens (tertiary/aromatic N) is 4. The van der Waals surface area contributed by atoms with Crippen LogP contribution in [0.4, 0.5) is 5.82 Å². The Hall–Kier alpha value is -2.65. The Kier molecular flexibility index (Phi) is 4.13. The lowest BCUT2D eigenvalue weighted by Crippen LogP contribution is -2.74. The van der Waals surface area contributed by atoms with Gasteiger partial charge in [-0.15, -0.1) is 4.98 Å². The third-order valence-electron chi connectivity index (χ3n) is 5.97. The normalized spacial score (nSPS) is 24.3. The van der Waals surface area contributed by atoms with E-state index >= 15 is 0 Å². The minimum absolute atomic E-state index is 0.0100. The number of aromatic nitrogens is 2. The molecule has 144 valence electrons. The Labute approximate surface area is 169 Å². The second-order valence-corrected chi connectivity index (χ2v) is 9.00. The average Bonchev–Trinajstić information content (AvgIpc) is 2.95. The largest absolute Gasteiger partial charge is 0.485 e. The van der Waals surface area contributed by atoms with Gasteiger partial charge < -0.3 is 14.5 Å². The van der Waals surface area contributed by atoms with Crippen LogP contribution in [0.3, 0.4) is 0 Å². The highest BCUT2D eigenvalue weighted by atomic mass is 35.5. The van der Waals surface area contributed by atoms with Crippen molar-refractivity contribution in [3.05, 3.63) is 58.3 Å². The molecule has 1 saturated carbocycles. The number of halogens is 1. The van der Waals surface area contributed by atoms with Crippen molar-refractivity contribution in [1.29, 1.82) is 0 Å². The summed E-state index contributed by atoms with van der Waals surface area (Å²) >= 11 is 6.10. The zero-order valence-electron chi connectivity index (χ0n) is 16.2. The first kappa shape index (κ1) is 18.7. The SMILES string of the molecule is [C-]#[N+]c1ncc(OC2C(C)(C)C(N3Cc4ccncc4C3=O)C2(C)C)cc1Cl. The van der Waals surface area contributed by atoms with E-state index in [0.717, 1.165) is 5.56 Å². The molecule has 1 aliphatic carbocycles. The molecule has 0 unspecified atom stereocenters. The van der Waals surface area contributed by atoms with E-state index < -0.39 is 0 Å². The van der Waals surface area contributed by atoms with Crippen LogP contribution in [0, 0.1) is 17.4 Å². The monoisotopic (exact) mass is 396 g/mol. The summed E-state index contributed by atoms with van der Waals surface area (Å²) in [4.78, 5) is 26.4. The van der Waals surface area contributed by atoms with Crippen LogP contribution >= 0.6 is 11.6 Å². The number of carbonyl (C=O) groups excluding carboxylic acids is 1. The molecule has 3 heterocycles. The van der Waals surface area contributed by atoms with Crippen molar-refractivity contribution in [3.8, 4) is 5.75 Å². The summed E-state index contributed by atoms with van der Waals surface area (Å²) in [5, 5.41) is 0.275. The number of amides is 1. The first-order valence-electron chi connectivity index (χ1n) is 9.11. The molecule has 0 aromatic carbocycles. The Morgan fingerprint density at radius 2 is 2.00 bits per heavy atom. The van der Waals surface area contributed by atoms with Crippen LogP contribution in [0.25, 0.3) is 4.85 Å². The minimum Gasteiger partial charge on any atom is -0.485 e. The van der Waals surface area contributed by atoms with E-state index in [1.807, 2.05) is 11.0 Å². The van der Waals surface area contributed by atoms with Gasteiger partial charge in [0.1, 0.15) is 6.10 Å². The van der Waals surface area contributed by atoms with Crippen molar-refractivity contribution < 1.29 is 9.53 Å². The second-order valence-electron chi connectivity index (χ2n) is 8.60. The van der Waals surface area contributed by atoms with Gasteiger partial charge >= 0.3 is 0 Å². The summed E-state index contributed by atoms with van der Waals surface area (Å²) in [5.41, 5.74) is 1.14. The van der Waals surface area contributed by atoms with Crippen molar-refractivity contribution in [2.75, 3.05) is 0 Å². The Bertz CT molecular complexity index is 996. The van der Waals surface area contributed by atoms with E-state index in [9.17, 15) is 4.79 Å². The predicted octanol–water partition coefficient (Wildman–Crippen LogP) is 4.52. The summed E-state index contributed by atoms with van der Waals surface area (Å²) in [6.45, 7) is 16.1. The van der Waals surface area contributed by atoms with E-state index in [0.29, 0.717) is 17.9 Å². The molecule has 0 N–H and O–H groups in total. The van der Waals surface area contributed by atoms with Gasteiger partial charge in [0.25, 0.3) is 11.7 Å². The summed E-state index contributed by atoms with van der Waals surface area (Å²) in [5.74, 6) is 0.717. The lowest BCUT2D eigenvalue weighted by atomic mass is 9.49. The molecular formula is C21H21ClN4O2. The van der Waals surface area contributed by atoms with Gasteiger partial charge in [0.2, 0.25) is 0 Å². The first-order chi connectivity index (χ1) is 13.2. The van der Waals surface area contributed by atoms with Gasteiger partial charge in [0.05, 0.1) is 10.6 Å². The lowest BCUT2D eigenvalue weighted by Gasteiger charge is -2.65. The van der Waals surface area contributed by atoms with Crippen molar-refractivity contribution in [2.45, 2.75) is 46.4 Å². The summed E-state index contributed by atoms with van der Waals surface area (Å²) in [6, 6.07) is 3.55. The van der Waals surface area contributed by atoms with Gasteiger partial charge in [-0.1, -0.05) is 45.9 Å². The van der Waals surface area contributed by atoms with Gasteiger partial charge in [-0.2, -0.15) is 0 Å². The van der Waals surface area contributed by atoms with Gasteiger partial charge in [-0.3, -0.25) is 9.78 Å². The maximum atomic E-state index is 13.0. The molecule has 1 aliphatic heterocycles. The van der Waals surface area contributed by atoms with Crippen LogP contribution in [-0.2, 0) is 6.54 Å². The number of hydrogen-bond donors (Lipinski definition) is 0. The van der Waals surface area contributed by atoms with E-state index in [-0.39, 0.29) is 39.7 Å². The van der Waals surface area contributed by atoms with Gasteiger partial charge in [0, 0.05) is 35.8 Å². The highest BCUT2D eigenvalue weighted by molar-refractivity contribution is 6.33. The highest BCUT2D eigenvalue weighted by Gasteiger charge is 2.67. The first-order valence-corrected chi connectivity index (χ1v) is 9.49.